The Hall–Kier alpha value is -1.80. The van der Waals surface area contributed by atoms with Crippen molar-refractivity contribution in [2.45, 2.75) is 20.5 Å². The number of rotatable bonds is 3. The van der Waals surface area contributed by atoms with Crippen LogP contribution in [0.5, 0.6) is 5.75 Å². The lowest BCUT2D eigenvalue weighted by Gasteiger charge is -2.13. The van der Waals surface area contributed by atoms with Crippen molar-refractivity contribution >= 4 is 0 Å². The predicted octanol–water partition coefficient (Wildman–Crippen LogP) is 3.47. The maximum Gasteiger partial charge on any atom is 0.126 e. The van der Waals surface area contributed by atoms with Crippen molar-refractivity contribution in [2.75, 3.05) is 7.11 Å². The number of aliphatic hydroxyl groups is 1. The zero-order valence-electron chi connectivity index (χ0n) is 11.0. The monoisotopic (exact) mass is 242 g/mol. The quantitative estimate of drug-likeness (QED) is 0.893. The molecule has 0 aliphatic heterocycles. The third-order valence-electron chi connectivity index (χ3n) is 3.27. The molecule has 2 heteroatoms. The molecule has 0 aliphatic rings. The zero-order chi connectivity index (χ0) is 13.1. The van der Waals surface area contributed by atoms with Crippen LogP contribution in [-0.4, -0.2) is 12.2 Å². The van der Waals surface area contributed by atoms with Gasteiger partial charge < -0.3 is 9.84 Å². The van der Waals surface area contributed by atoms with Gasteiger partial charge in [0.05, 0.1) is 13.7 Å². The molecule has 0 fully saturated rings. The van der Waals surface area contributed by atoms with Gasteiger partial charge in [0.15, 0.2) is 0 Å². The predicted molar refractivity (Wildman–Crippen MR) is 73.8 cm³/mol. The van der Waals surface area contributed by atoms with Crippen molar-refractivity contribution in [3.05, 3.63) is 53.1 Å². The van der Waals surface area contributed by atoms with Gasteiger partial charge in [0, 0.05) is 5.56 Å². The fraction of sp³-hybridized carbons (Fsp3) is 0.250. The van der Waals surface area contributed by atoms with Crippen molar-refractivity contribution in [2.24, 2.45) is 0 Å². The number of hydrogen-bond donors (Lipinski definition) is 1. The number of aryl methyl sites for hydroxylation is 2. The van der Waals surface area contributed by atoms with E-state index in [-0.39, 0.29) is 6.61 Å². The molecule has 0 radical (unpaired) electrons. The van der Waals surface area contributed by atoms with Gasteiger partial charge in [0.1, 0.15) is 5.75 Å². The number of para-hydroxylation sites is 1. The first-order chi connectivity index (χ1) is 8.67. The van der Waals surface area contributed by atoms with Crippen LogP contribution in [0.1, 0.15) is 16.7 Å². The van der Waals surface area contributed by atoms with E-state index in [0.717, 1.165) is 33.6 Å². The van der Waals surface area contributed by atoms with E-state index in [2.05, 4.69) is 12.1 Å². The van der Waals surface area contributed by atoms with Gasteiger partial charge in [-0.15, -0.1) is 0 Å². The molecule has 0 aromatic heterocycles. The first-order valence-corrected chi connectivity index (χ1v) is 6.01. The third kappa shape index (κ3) is 2.24. The third-order valence-corrected chi connectivity index (χ3v) is 3.27. The number of ether oxygens (including phenoxy) is 1. The molecule has 0 bridgehead atoms. The molecule has 0 amide bonds. The van der Waals surface area contributed by atoms with Crippen LogP contribution in [0.4, 0.5) is 0 Å². The molecule has 0 spiro atoms. The summed E-state index contributed by atoms with van der Waals surface area (Å²) in [7, 11) is 1.68. The number of benzene rings is 2. The Labute approximate surface area is 108 Å². The maximum absolute atomic E-state index is 9.34. The fourth-order valence-electron chi connectivity index (χ4n) is 2.28. The number of aliphatic hydroxyl groups excluding tert-OH is 1. The summed E-state index contributed by atoms with van der Waals surface area (Å²) in [6.45, 7) is 4.14. The Morgan fingerprint density at radius 1 is 1.06 bits per heavy atom. The van der Waals surface area contributed by atoms with Crippen molar-refractivity contribution in [1.82, 2.24) is 0 Å². The number of hydrogen-bond acceptors (Lipinski definition) is 2. The van der Waals surface area contributed by atoms with E-state index in [1.165, 1.54) is 0 Å². The van der Waals surface area contributed by atoms with Crippen LogP contribution in [-0.2, 0) is 6.61 Å². The topological polar surface area (TPSA) is 29.5 Å². The normalized spacial score (nSPS) is 10.4. The lowest BCUT2D eigenvalue weighted by atomic mass is 9.95. The van der Waals surface area contributed by atoms with Crippen molar-refractivity contribution < 1.29 is 9.84 Å². The van der Waals surface area contributed by atoms with Crippen LogP contribution in [0.15, 0.2) is 36.4 Å². The SMILES string of the molecule is COc1ccccc1-c1cc(C)c(CO)c(C)c1. The smallest absolute Gasteiger partial charge is 0.126 e. The van der Waals surface area contributed by atoms with Crippen molar-refractivity contribution in [3.63, 3.8) is 0 Å². The molecule has 0 saturated carbocycles. The van der Waals surface area contributed by atoms with E-state index < -0.39 is 0 Å². The van der Waals surface area contributed by atoms with Crippen LogP contribution in [0.2, 0.25) is 0 Å². The second kappa shape index (κ2) is 5.23. The van der Waals surface area contributed by atoms with Crippen LogP contribution in [0.3, 0.4) is 0 Å². The summed E-state index contributed by atoms with van der Waals surface area (Å²) in [6.07, 6.45) is 0. The molecule has 2 aromatic carbocycles. The highest BCUT2D eigenvalue weighted by atomic mass is 16.5. The fourth-order valence-corrected chi connectivity index (χ4v) is 2.28. The average Bonchev–Trinajstić information content (AvgIpc) is 2.38. The molecule has 0 unspecified atom stereocenters. The maximum atomic E-state index is 9.34. The molecule has 2 nitrogen and oxygen atoms in total. The Morgan fingerprint density at radius 3 is 2.22 bits per heavy atom. The van der Waals surface area contributed by atoms with Gasteiger partial charge in [-0.3, -0.25) is 0 Å². The highest BCUT2D eigenvalue weighted by Gasteiger charge is 2.09. The highest BCUT2D eigenvalue weighted by Crippen LogP contribution is 2.32. The van der Waals surface area contributed by atoms with Crippen LogP contribution in [0.25, 0.3) is 11.1 Å². The van der Waals surface area contributed by atoms with E-state index in [0.29, 0.717) is 0 Å². The average molecular weight is 242 g/mol. The molecule has 2 rings (SSSR count). The summed E-state index contributed by atoms with van der Waals surface area (Å²) in [5, 5.41) is 9.34. The van der Waals surface area contributed by atoms with Gasteiger partial charge in [-0.25, -0.2) is 0 Å². The second-order valence-corrected chi connectivity index (χ2v) is 4.45. The van der Waals surface area contributed by atoms with Gasteiger partial charge in [-0.05, 0) is 42.2 Å². The van der Waals surface area contributed by atoms with Gasteiger partial charge >= 0.3 is 0 Å². The van der Waals surface area contributed by atoms with E-state index in [4.69, 9.17) is 4.74 Å². The van der Waals surface area contributed by atoms with Crippen molar-refractivity contribution in [3.8, 4) is 16.9 Å². The van der Waals surface area contributed by atoms with Gasteiger partial charge in [0.2, 0.25) is 0 Å². The first kappa shape index (κ1) is 12.7. The Bertz CT molecular complexity index is 536. The molecule has 0 heterocycles. The molecule has 2 aromatic rings. The Balaban J connectivity index is 2.58. The zero-order valence-corrected chi connectivity index (χ0v) is 11.0. The molecular weight excluding hydrogens is 224 g/mol. The summed E-state index contributed by atoms with van der Waals surface area (Å²) in [6, 6.07) is 12.2. The molecule has 0 aliphatic carbocycles. The van der Waals surface area contributed by atoms with Crippen molar-refractivity contribution in [1.29, 1.82) is 0 Å². The van der Waals surface area contributed by atoms with E-state index in [1.54, 1.807) is 7.11 Å². The Kier molecular flexibility index (Phi) is 3.68. The lowest BCUT2D eigenvalue weighted by Crippen LogP contribution is -1.95. The molecule has 94 valence electrons. The highest BCUT2D eigenvalue weighted by molar-refractivity contribution is 5.72. The van der Waals surface area contributed by atoms with Crippen LogP contribution in [0, 0.1) is 13.8 Å². The summed E-state index contributed by atoms with van der Waals surface area (Å²) in [4.78, 5) is 0. The summed E-state index contributed by atoms with van der Waals surface area (Å²) in [5.74, 6) is 0.869. The van der Waals surface area contributed by atoms with Crippen LogP contribution >= 0.6 is 0 Å². The largest absolute Gasteiger partial charge is 0.496 e. The molecule has 18 heavy (non-hydrogen) atoms. The molecule has 1 N–H and O–H groups in total. The molecular formula is C16H18O2. The van der Waals surface area contributed by atoms with E-state index >= 15 is 0 Å². The summed E-state index contributed by atoms with van der Waals surface area (Å²) < 4.78 is 5.39. The minimum atomic E-state index is 0.0872. The number of methoxy groups -OCH3 is 1. The van der Waals surface area contributed by atoms with E-state index in [9.17, 15) is 5.11 Å². The molecule has 0 saturated heterocycles. The summed E-state index contributed by atoms with van der Waals surface area (Å²) >= 11 is 0. The van der Waals surface area contributed by atoms with Crippen LogP contribution < -0.4 is 4.74 Å². The second-order valence-electron chi connectivity index (χ2n) is 4.45. The lowest BCUT2D eigenvalue weighted by molar-refractivity contribution is 0.280. The van der Waals surface area contributed by atoms with Gasteiger partial charge in [-0.2, -0.15) is 0 Å². The van der Waals surface area contributed by atoms with E-state index in [1.807, 2.05) is 38.1 Å². The first-order valence-electron chi connectivity index (χ1n) is 6.01. The van der Waals surface area contributed by atoms with Gasteiger partial charge in [0.25, 0.3) is 0 Å². The summed E-state index contributed by atoms with van der Waals surface area (Å²) in [5.41, 5.74) is 5.43. The Morgan fingerprint density at radius 2 is 1.67 bits per heavy atom. The minimum Gasteiger partial charge on any atom is -0.496 e. The van der Waals surface area contributed by atoms with Gasteiger partial charge in [-0.1, -0.05) is 30.3 Å². The standard InChI is InChI=1S/C16H18O2/c1-11-8-13(9-12(2)15(11)10-17)14-6-4-5-7-16(14)18-3/h4-9,17H,10H2,1-3H3. The minimum absolute atomic E-state index is 0.0872. The molecule has 0 atom stereocenters.